The Morgan fingerprint density at radius 3 is 2.48 bits per heavy atom. The summed E-state index contributed by atoms with van der Waals surface area (Å²) in [5.41, 5.74) is 2.33. The van der Waals surface area contributed by atoms with Crippen LogP contribution in [-0.2, 0) is 17.8 Å². The fraction of sp³-hybridized carbons (Fsp3) is 0.308. The molecule has 0 atom stereocenters. The molecule has 7 heteroatoms. The maximum absolute atomic E-state index is 12.7. The lowest BCUT2D eigenvalue weighted by atomic mass is 10.1. The quantitative estimate of drug-likeness (QED) is 0.550. The molecule has 1 aromatic heterocycles. The fourth-order valence-corrected chi connectivity index (χ4v) is 4.11. The van der Waals surface area contributed by atoms with Crippen LogP contribution in [0.5, 0.6) is 23.1 Å². The zero-order valence-electron chi connectivity index (χ0n) is 18.5. The number of aryl methyl sites for hydroxylation is 1. The van der Waals surface area contributed by atoms with Crippen LogP contribution in [0.15, 0.2) is 66.9 Å². The summed E-state index contributed by atoms with van der Waals surface area (Å²) in [5.74, 6) is 3.15. The van der Waals surface area contributed by atoms with Crippen LogP contribution in [0.25, 0.3) is 0 Å². The lowest BCUT2D eigenvalue weighted by Gasteiger charge is -2.34. The molecule has 3 aromatic rings. The highest BCUT2D eigenvalue weighted by Crippen LogP contribution is 2.32. The Labute approximate surface area is 193 Å². The molecule has 0 unspecified atom stereocenters. The molecule has 3 heterocycles. The minimum absolute atomic E-state index is 0.214. The van der Waals surface area contributed by atoms with Crippen molar-refractivity contribution in [3.05, 3.63) is 78.0 Å². The Kier molecular flexibility index (Phi) is 6.39. The van der Waals surface area contributed by atoms with E-state index >= 15 is 0 Å². The number of ether oxygens (including phenoxy) is 3. The average molecular weight is 446 g/mol. The Morgan fingerprint density at radius 2 is 1.70 bits per heavy atom. The third-order valence-electron chi connectivity index (χ3n) is 5.98. The molecule has 1 saturated heterocycles. The molecular formula is C26H27N3O4. The molecular weight excluding hydrogens is 418 g/mol. The smallest absolute Gasteiger partial charge is 0.231 e. The van der Waals surface area contributed by atoms with E-state index in [0.29, 0.717) is 19.1 Å². The topological polar surface area (TPSA) is 64.1 Å². The van der Waals surface area contributed by atoms with Crippen molar-refractivity contribution in [3.8, 4) is 23.1 Å². The lowest BCUT2D eigenvalue weighted by molar-refractivity contribution is -0.133. The molecule has 7 nitrogen and oxygen atoms in total. The molecule has 1 amide bonds. The van der Waals surface area contributed by atoms with E-state index in [-0.39, 0.29) is 5.91 Å². The summed E-state index contributed by atoms with van der Waals surface area (Å²) < 4.78 is 16.6. The molecule has 0 bridgehead atoms. The monoisotopic (exact) mass is 445 g/mol. The van der Waals surface area contributed by atoms with Gasteiger partial charge in [0.25, 0.3) is 0 Å². The summed E-state index contributed by atoms with van der Waals surface area (Å²) in [6.45, 7) is 4.42. The summed E-state index contributed by atoms with van der Waals surface area (Å²) in [4.78, 5) is 21.2. The molecule has 2 aromatic carbocycles. The van der Waals surface area contributed by atoms with Gasteiger partial charge in [-0.1, -0.05) is 24.3 Å². The molecule has 33 heavy (non-hydrogen) atoms. The molecule has 0 spiro atoms. The van der Waals surface area contributed by atoms with Gasteiger partial charge < -0.3 is 19.1 Å². The van der Waals surface area contributed by atoms with Crippen molar-refractivity contribution in [1.29, 1.82) is 0 Å². The van der Waals surface area contributed by atoms with Crippen molar-refractivity contribution in [2.75, 3.05) is 33.0 Å². The minimum atomic E-state index is 0.214. The Bertz CT molecular complexity index is 1080. The fourth-order valence-electron chi connectivity index (χ4n) is 4.11. The third kappa shape index (κ3) is 5.43. The second-order valence-corrected chi connectivity index (χ2v) is 8.26. The van der Waals surface area contributed by atoms with Gasteiger partial charge in [-0.3, -0.25) is 9.69 Å². The van der Waals surface area contributed by atoms with Crippen LogP contribution < -0.4 is 14.2 Å². The van der Waals surface area contributed by atoms with Crippen LogP contribution in [0, 0.1) is 0 Å². The predicted octanol–water partition coefficient (Wildman–Crippen LogP) is 3.88. The standard InChI is InChI=1S/C26H27N3O4/c30-26(11-7-20-4-8-22(9-5-20)33-25-3-1-2-12-27-25)29-15-13-28(14-16-29)18-21-6-10-23-24(17-21)32-19-31-23/h1-6,8-10,12,17H,7,11,13-16,18-19H2. The largest absolute Gasteiger partial charge is 0.454 e. The number of carbonyl (C=O) groups is 1. The van der Waals surface area contributed by atoms with Crippen LogP contribution in [0.4, 0.5) is 0 Å². The van der Waals surface area contributed by atoms with Crippen molar-refractivity contribution in [2.24, 2.45) is 0 Å². The molecule has 0 N–H and O–H groups in total. The maximum atomic E-state index is 12.7. The number of pyridine rings is 1. The molecule has 2 aliphatic heterocycles. The van der Waals surface area contributed by atoms with Gasteiger partial charge in [0, 0.05) is 51.4 Å². The zero-order valence-corrected chi connectivity index (χ0v) is 18.5. The second kappa shape index (κ2) is 9.92. The van der Waals surface area contributed by atoms with Gasteiger partial charge in [-0.2, -0.15) is 0 Å². The first-order chi connectivity index (χ1) is 16.2. The number of aromatic nitrogens is 1. The molecule has 2 aliphatic rings. The number of hydrogen-bond acceptors (Lipinski definition) is 6. The molecule has 0 saturated carbocycles. The van der Waals surface area contributed by atoms with E-state index in [1.54, 1.807) is 6.20 Å². The highest BCUT2D eigenvalue weighted by atomic mass is 16.7. The van der Waals surface area contributed by atoms with E-state index in [2.05, 4.69) is 16.0 Å². The molecule has 0 radical (unpaired) electrons. The summed E-state index contributed by atoms with van der Waals surface area (Å²) in [7, 11) is 0. The number of piperazine rings is 1. The van der Waals surface area contributed by atoms with Crippen molar-refractivity contribution in [2.45, 2.75) is 19.4 Å². The van der Waals surface area contributed by atoms with Gasteiger partial charge in [0.15, 0.2) is 11.5 Å². The summed E-state index contributed by atoms with van der Waals surface area (Å²) >= 11 is 0. The number of nitrogens with zero attached hydrogens (tertiary/aromatic N) is 3. The number of fused-ring (bicyclic) bond motifs is 1. The summed E-state index contributed by atoms with van der Waals surface area (Å²) in [6.07, 6.45) is 2.94. The maximum Gasteiger partial charge on any atom is 0.231 e. The van der Waals surface area contributed by atoms with E-state index in [1.807, 2.05) is 59.5 Å². The highest BCUT2D eigenvalue weighted by molar-refractivity contribution is 5.76. The summed E-state index contributed by atoms with van der Waals surface area (Å²) in [6, 6.07) is 19.5. The Balaban J connectivity index is 1.05. The Hall–Kier alpha value is -3.58. The van der Waals surface area contributed by atoms with Gasteiger partial charge in [0.1, 0.15) is 5.75 Å². The van der Waals surface area contributed by atoms with E-state index in [0.717, 1.165) is 62.0 Å². The van der Waals surface area contributed by atoms with E-state index in [4.69, 9.17) is 14.2 Å². The SMILES string of the molecule is O=C(CCc1ccc(Oc2ccccn2)cc1)N1CCN(Cc2ccc3c(c2)OCO3)CC1. The van der Waals surface area contributed by atoms with Gasteiger partial charge in [-0.15, -0.1) is 0 Å². The van der Waals surface area contributed by atoms with Gasteiger partial charge in [-0.05, 0) is 47.9 Å². The van der Waals surface area contributed by atoms with Crippen molar-refractivity contribution >= 4 is 5.91 Å². The first-order valence-corrected chi connectivity index (χ1v) is 11.3. The second-order valence-electron chi connectivity index (χ2n) is 8.26. The van der Waals surface area contributed by atoms with E-state index in [9.17, 15) is 4.79 Å². The normalized spacial score (nSPS) is 15.5. The van der Waals surface area contributed by atoms with Gasteiger partial charge >= 0.3 is 0 Å². The van der Waals surface area contributed by atoms with Crippen molar-refractivity contribution < 1.29 is 19.0 Å². The van der Waals surface area contributed by atoms with Gasteiger partial charge in [-0.25, -0.2) is 4.98 Å². The molecule has 1 fully saturated rings. The molecule has 5 rings (SSSR count). The predicted molar refractivity (Wildman–Crippen MR) is 123 cm³/mol. The first kappa shape index (κ1) is 21.3. The number of carbonyl (C=O) groups excluding carboxylic acids is 1. The van der Waals surface area contributed by atoms with Gasteiger partial charge in [0.05, 0.1) is 0 Å². The van der Waals surface area contributed by atoms with Crippen molar-refractivity contribution in [1.82, 2.24) is 14.8 Å². The van der Waals surface area contributed by atoms with E-state index in [1.165, 1.54) is 5.56 Å². The third-order valence-corrected chi connectivity index (χ3v) is 5.98. The number of hydrogen-bond donors (Lipinski definition) is 0. The first-order valence-electron chi connectivity index (χ1n) is 11.3. The van der Waals surface area contributed by atoms with Crippen LogP contribution >= 0.6 is 0 Å². The van der Waals surface area contributed by atoms with Gasteiger partial charge in [0.2, 0.25) is 18.6 Å². The summed E-state index contributed by atoms with van der Waals surface area (Å²) in [5, 5.41) is 0. The van der Waals surface area contributed by atoms with Crippen LogP contribution in [-0.4, -0.2) is 53.7 Å². The number of rotatable bonds is 7. The van der Waals surface area contributed by atoms with Crippen LogP contribution in [0.2, 0.25) is 0 Å². The van der Waals surface area contributed by atoms with Crippen molar-refractivity contribution in [3.63, 3.8) is 0 Å². The van der Waals surface area contributed by atoms with Crippen LogP contribution in [0.3, 0.4) is 0 Å². The Morgan fingerprint density at radius 1 is 0.909 bits per heavy atom. The zero-order chi connectivity index (χ0) is 22.5. The number of amides is 1. The molecule has 0 aliphatic carbocycles. The lowest BCUT2D eigenvalue weighted by Crippen LogP contribution is -2.48. The molecule has 170 valence electrons. The number of benzene rings is 2. The van der Waals surface area contributed by atoms with E-state index < -0.39 is 0 Å². The minimum Gasteiger partial charge on any atom is -0.454 e. The van der Waals surface area contributed by atoms with Crippen LogP contribution in [0.1, 0.15) is 17.5 Å². The average Bonchev–Trinajstić information content (AvgIpc) is 3.33. The highest BCUT2D eigenvalue weighted by Gasteiger charge is 2.22.